The van der Waals surface area contributed by atoms with Crippen LogP contribution in [0.4, 0.5) is 22.2 Å². The van der Waals surface area contributed by atoms with Crippen molar-refractivity contribution in [1.29, 1.82) is 0 Å². The number of rotatable bonds is 7. The molecule has 3 aromatic rings. The Hall–Kier alpha value is -3.81. The number of nitrogens with zero attached hydrogens (tertiary/aromatic N) is 3. The van der Waals surface area contributed by atoms with E-state index < -0.39 is 0 Å². The van der Waals surface area contributed by atoms with Crippen molar-refractivity contribution in [3.8, 4) is 11.5 Å². The van der Waals surface area contributed by atoms with E-state index in [1.54, 1.807) is 0 Å². The lowest BCUT2D eigenvalue weighted by atomic mass is 9.91. The molecule has 0 saturated heterocycles. The van der Waals surface area contributed by atoms with Crippen LogP contribution in [-0.2, 0) is 12.8 Å². The van der Waals surface area contributed by atoms with Crippen LogP contribution in [0.15, 0.2) is 54.6 Å². The molecule has 1 saturated carbocycles. The molecule has 8 heteroatoms. The van der Waals surface area contributed by atoms with E-state index in [2.05, 4.69) is 34.9 Å². The van der Waals surface area contributed by atoms with E-state index in [1.165, 1.54) is 24.1 Å². The molecule has 37 heavy (non-hydrogen) atoms. The average Bonchev–Trinajstić information content (AvgIpc) is 2.91. The van der Waals surface area contributed by atoms with Gasteiger partial charge in [0.05, 0.1) is 11.4 Å². The Morgan fingerprint density at radius 2 is 1.59 bits per heavy atom. The molecule has 2 aromatic carbocycles. The summed E-state index contributed by atoms with van der Waals surface area (Å²) in [6.45, 7) is 0. The third kappa shape index (κ3) is 6.31. The zero-order chi connectivity index (χ0) is 25.6. The molecule has 2 aliphatic rings. The first-order valence-corrected chi connectivity index (χ1v) is 13.3. The van der Waals surface area contributed by atoms with E-state index in [-0.39, 0.29) is 12.1 Å². The van der Waals surface area contributed by atoms with Gasteiger partial charge in [-0.2, -0.15) is 4.98 Å². The Kier molecular flexibility index (Phi) is 7.73. The number of fused-ring (bicyclic) bond motifs is 1. The smallest absolute Gasteiger partial charge is 0.319 e. The molecule has 1 aromatic heterocycles. The monoisotopic (exact) mass is 500 g/mol. The van der Waals surface area contributed by atoms with Crippen LogP contribution in [0.2, 0.25) is 0 Å². The lowest BCUT2D eigenvalue weighted by molar-refractivity contribution is 0.243. The number of aryl methyl sites for hydroxylation is 1. The molecule has 0 aliphatic heterocycles. The van der Waals surface area contributed by atoms with Crippen molar-refractivity contribution >= 4 is 23.5 Å². The van der Waals surface area contributed by atoms with E-state index in [1.807, 2.05) is 54.6 Å². The number of amides is 2. The van der Waals surface area contributed by atoms with Crippen LogP contribution in [0.1, 0.15) is 49.8 Å². The molecule has 0 radical (unpaired) electrons. The highest BCUT2D eigenvalue weighted by Gasteiger charge is 2.25. The van der Waals surface area contributed by atoms with Crippen LogP contribution >= 0.6 is 0 Å². The van der Waals surface area contributed by atoms with Gasteiger partial charge in [-0.05, 0) is 75.6 Å². The molecule has 0 atom stereocenters. The molecule has 194 valence electrons. The third-order valence-corrected chi connectivity index (χ3v) is 7.09. The fourth-order valence-electron chi connectivity index (χ4n) is 5.19. The number of anilines is 3. The summed E-state index contributed by atoms with van der Waals surface area (Å²) in [6.07, 6.45) is 8.20. The molecule has 1 heterocycles. The van der Waals surface area contributed by atoms with Crippen LogP contribution in [-0.4, -0.2) is 42.2 Å². The average molecular weight is 501 g/mol. The van der Waals surface area contributed by atoms with Gasteiger partial charge in [-0.3, -0.25) is 0 Å². The van der Waals surface area contributed by atoms with Gasteiger partial charge in [0.1, 0.15) is 11.6 Å². The fraction of sp³-hybridized carbons (Fsp3) is 0.414. The Morgan fingerprint density at radius 3 is 2.38 bits per heavy atom. The van der Waals surface area contributed by atoms with Gasteiger partial charge >= 0.3 is 6.03 Å². The summed E-state index contributed by atoms with van der Waals surface area (Å²) in [7, 11) is 4.10. The van der Waals surface area contributed by atoms with Gasteiger partial charge in [0.15, 0.2) is 5.75 Å². The summed E-state index contributed by atoms with van der Waals surface area (Å²) in [5.74, 6) is 3.10. The van der Waals surface area contributed by atoms with E-state index in [9.17, 15) is 4.79 Å². The number of carbonyl (C=O) groups excluding carboxylic acids is 1. The summed E-state index contributed by atoms with van der Waals surface area (Å²) < 4.78 is 5.96. The molecule has 5 rings (SSSR count). The maximum atomic E-state index is 12.8. The van der Waals surface area contributed by atoms with Crippen molar-refractivity contribution in [2.24, 2.45) is 0 Å². The first-order valence-electron chi connectivity index (χ1n) is 13.3. The molecular formula is C29H36N6O2. The van der Waals surface area contributed by atoms with Crippen LogP contribution in [0, 0.1) is 0 Å². The molecule has 0 unspecified atom stereocenters. The third-order valence-electron chi connectivity index (χ3n) is 7.09. The zero-order valence-electron chi connectivity index (χ0n) is 21.7. The number of hydrogen-bond acceptors (Lipinski definition) is 6. The molecular weight excluding hydrogens is 464 g/mol. The number of benzene rings is 2. The molecule has 2 aliphatic carbocycles. The molecule has 2 amide bonds. The normalized spacial score (nSPS) is 18.9. The SMILES string of the molecule is CN(C)c1nc(NC2CCC(NC(=O)Nc3ccccc3Oc3ccccc3)CC2)nc2c1CCCC2. The Bertz CT molecular complexity index is 1210. The number of para-hydroxylation sites is 3. The largest absolute Gasteiger partial charge is 0.455 e. The minimum absolute atomic E-state index is 0.127. The second-order valence-corrected chi connectivity index (χ2v) is 10.1. The summed E-state index contributed by atoms with van der Waals surface area (Å²) in [4.78, 5) is 24.6. The predicted molar refractivity (Wildman–Crippen MR) is 148 cm³/mol. The van der Waals surface area contributed by atoms with Crippen molar-refractivity contribution in [3.63, 3.8) is 0 Å². The van der Waals surface area contributed by atoms with Crippen LogP contribution < -0.4 is 25.6 Å². The van der Waals surface area contributed by atoms with Gasteiger partial charge in [0.25, 0.3) is 0 Å². The molecule has 8 nitrogen and oxygen atoms in total. The zero-order valence-corrected chi connectivity index (χ0v) is 21.7. The van der Waals surface area contributed by atoms with Crippen molar-refractivity contribution in [2.45, 2.75) is 63.5 Å². The Labute approximate surface area is 218 Å². The van der Waals surface area contributed by atoms with Crippen LogP contribution in [0.5, 0.6) is 11.5 Å². The first kappa shape index (κ1) is 24.9. The van der Waals surface area contributed by atoms with Crippen molar-refractivity contribution in [2.75, 3.05) is 29.6 Å². The van der Waals surface area contributed by atoms with Crippen molar-refractivity contribution in [3.05, 3.63) is 65.9 Å². The minimum Gasteiger partial charge on any atom is -0.455 e. The number of nitrogens with one attached hydrogen (secondary N) is 3. The highest BCUT2D eigenvalue weighted by atomic mass is 16.5. The standard InChI is InChI=1S/C29H36N6O2/c1-35(2)27-23-12-6-7-13-24(23)32-28(34-27)30-20-16-18-21(19-17-20)31-29(36)33-25-14-8-9-15-26(25)37-22-10-4-3-5-11-22/h3-5,8-11,14-15,20-21H,6-7,12-13,16-19H2,1-2H3,(H,30,32,34)(H2,31,33,36). The van der Waals surface area contributed by atoms with Crippen LogP contribution in [0.3, 0.4) is 0 Å². The van der Waals surface area contributed by atoms with E-state index >= 15 is 0 Å². The van der Waals surface area contributed by atoms with E-state index in [0.717, 1.165) is 56.0 Å². The molecule has 3 N–H and O–H groups in total. The van der Waals surface area contributed by atoms with Crippen LogP contribution in [0.25, 0.3) is 0 Å². The number of carbonyl (C=O) groups is 1. The Balaban J connectivity index is 1.14. The number of urea groups is 1. The number of hydrogen-bond donors (Lipinski definition) is 3. The summed E-state index contributed by atoms with van der Waals surface area (Å²) in [5.41, 5.74) is 3.13. The predicted octanol–water partition coefficient (Wildman–Crippen LogP) is 5.76. The van der Waals surface area contributed by atoms with E-state index in [0.29, 0.717) is 17.5 Å². The van der Waals surface area contributed by atoms with Gasteiger partial charge in [-0.25, -0.2) is 9.78 Å². The topological polar surface area (TPSA) is 91.4 Å². The quantitative estimate of drug-likeness (QED) is 0.382. The van der Waals surface area contributed by atoms with Gasteiger partial charge in [0, 0.05) is 31.7 Å². The lowest BCUT2D eigenvalue weighted by Gasteiger charge is -2.30. The highest BCUT2D eigenvalue weighted by molar-refractivity contribution is 5.91. The van der Waals surface area contributed by atoms with Gasteiger partial charge in [0.2, 0.25) is 5.95 Å². The molecule has 0 spiro atoms. The van der Waals surface area contributed by atoms with Gasteiger partial charge < -0.3 is 25.6 Å². The summed E-state index contributed by atoms with van der Waals surface area (Å²) in [6, 6.07) is 17.2. The first-order chi connectivity index (χ1) is 18.0. The molecule has 1 fully saturated rings. The number of ether oxygens (including phenoxy) is 1. The maximum absolute atomic E-state index is 12.8. The van der Waals surface area contributed by atoms with Crippen molar-refractivity contribution in [1.82, 2.24) is 15.3 Å². The second kappa shape index (κ2) is 11.5. The van der Waals surface area contributed by atoms with Gasteiger partial charge in [-0.1, -0.05) is 30.3 Å². The minimum atomic E-state index is -0.214. The maximum Gasteiger partial charge on any atom is 0.319 e. The second-order valence-electron chi connectivity index (χ2n) is 10.1. The summed E-state index contributed by atoms with van der Waals surface area (Å²) >= 11 is 0. The fourth-order valence-corrected chi connectivity index (χ4v) is 5.19. The van der Waals surface area contributed by atoms with Gasteiger partial charge in [-0.15, -0.1) is 0 Å². The van der Waals surface area contributed by atoms with E-state index in [4.69, 9.17) is 14.7 Å². The molecule has 0 bridgehead atoms. The summed E-state index contributed by atoms with van der Waals surface area (Å²) in [5, 5.41) is 9.67. The number of aromatic nitrogens is 2. The van der Waals surface area contributed by atoms with Crippen molar-refractivity contribution < 1.29 is 9.53 Å². The Morgan fingerprint density at radius 1 is 0.892 bits per heavy atom. The lowest BCUT2D eigenvalue weighted by Crippen LogP contribution is -2.42. The highest BCUT2D eigenvalue weighted by Crippen LogP contribution is 2.31.